The third-order valence-corrected chi connectivity index (χ3v) is 15.6. The molecule has 0 bridgehead atoms. The number of phosphoric ester groups is 1. The summed E-state index contributed by atoms with van der Waals surface area (Å²) in [6.07, 6.45) is 63.3. The van der Waals surface area contributed by atoms with E-state index in [1.54, 1.807) is 0 Å². The fourth-order valence-electron chi connectivity index (χ4n) is 9.76. The van der Waals surface area contributed by atoms with Gasteiger partial charge in [0.1, 0.15) is 13.2 Å². The molecule has 0 aromatic heterocycles. The van der Waals surface area contributed by atoms with Crippen molar-refractivity contribution < 1.29 is 32.9 Å². The number of likely N-dealkylation sites (N-methyl/N-ethyl adjacent to an activating group) is 1. The minimum Gasteiger partial charge on any atom is -0.391 e. The fraction of sp³-hybridized carbons (Fsp3) is 0.983. The number of nitrogens with zero attached hydrogens (tertiary/aromatic N) is 1. The summed E-state index contributed by atoms with van der Waals surface area (Å²) < 4.78 is 23.8. The van der Waals surface area contributed by atoms with Gasteiger partial charge in [0.05, 0.1) is 39.9 Å². The van der Waals surface area contributed by atoms with Gasteiger partial charge in [0.2, 0.25) is 5.91 Å². The highest BCUT2D eigenvalue weighted by Gasteiger charge is 2.28. The van der Waals surface area contributed by atoms with Crippen molar-refractivity contribution in [2.24, 2.45) is 0 Å². The van der Waals surface area contributed by atoms with Crippen LogP contribution in [0.3, 0.4) is 0 Å². The van der Waals surface area contributed by atoms with E-state index in [-0.39, 0.29) is 19.1 Å². The van der Waals surface area contributed by atoms with Gasteiger partial charge in [-0.05, 0) is 12.8 Å². The van der Waals surface area contributed by atoms with Crippen LogP contribution in [-0.2, 0) is 18.4 Å². The fourth-order valence-corrected chi connectivity index (χ4v) is 10.5. The maximum atomic E-state index is 13.0. The molecule has 69 heavy (non-hydrogen) atoms. The lowest BCUT2D eigenvalue weighted by atomic mass is 10.0. The molecule has 0 saturated heterocycles. The van der Waals surface area contributed by atoms with Crippen molar-refractivity contribution in [1.29, 1.82) is 0 Å². The van der Waals surface area contributed by atoms with E-state index in [2.05, 4.69) is 19.2 Å². The van der Waals surface area contributed by atoms with Gasteiger partial charge >= 0.3 is 7.82 Å². The van der Waals surface area contributed by atoms with Crippen LogP contribution >= 0.6 is 7.82 Å². The first-order chi connectivity index (χ1) is 33.5. The average molecular weight is 1000 g/mol. The standard InChI is InChI=1S/C60H123N2O6P/c1-6-8-10-12-14-16-18-20-22-23-24-25-26-27-28-29-30-31-32-33-34-35-36-37-38-40-42-44-46-48-50-52-54-60(64)61-58(57-68-69(65,66)67-56-55-62(3,4)5)59(63)53-51-49-47-45-43-41-39-21-19-17-15-13-11-9-7-2/h58-59,63H,6-57H2,1-5H3,(H-,61,64,65,66)/p+1/t58-,59+/m0/s1. The molecule has 0 saturated carbocycles. The summed E-state index contributed by atoms with van der Waals surface area (Å²) in [4.78, 5) is 23.3. The maximum Gasteiger partial charge on any atom is 0.472 e. The quantitative estimate of drug-likeness (QED) is 0.0318. The van der Waals surface area contributed by atoms with Crippen LogP contribution in [0.2, 0.25) is 0 Å². The summed E-state index contributed by atoms with van der Waals surface area (Å²) in [5.74, 6) is -0.136. The van der Waals surface area contributed by atoms with E-state index in [1.165, 1.54) is 263 Å². The first kappa shape index (κ1) is 68.5. The van der Waals surface area contributed by atoms with E-state index >= 15 is 0 Å². The Balaban J connectivity index is 3.95. The Morgan fingerprint density at radius 3 is 0.971 bits per heavy atom. The van der Waals surface area contributed by atoms with Crippen LogP contribution in [0.4, 0.5) is 0 Å². The highest BCUT2D eigenvalue weighted by molar-refractivity contribution is 7.47. The van der Waals surface area contributed by atoms with Crippen LogP contribution in [-0.4, -0.2) is 73.4 Å². The normalized spacial score (nSPS) is 13.8. The van der Waals surface area contributed by atoms with Crippen LogP contribution in [0.15, 0.2) is 0 Å². The third kappa shape index (κ3) is 55.1. The van der Waals surface area contributed by atoms with Crippen LogP contribution in [0.1, 0.15) is 328 Å². The molecule has 0 aromatic carbocycles. The lowest BCUT2D eigenvalue weighted by molar-refractivity contribution is -0.870. The highest BCUT2D eigenvalue weighted by atomic mass is 31.2. The second kappa shape index (κ2) is 52.4. The van der Waals surface area contributed by atoms with Gasteiger partial charge in [0.25, 0.3) is 0 Å². The molecular weight excluding hydrogens is 876 g/mol. The van der Waals surface area contributed by atoms with E-state index < -0.39 is 20.0 Å². The van der Waals surface area contributed by atoms with Crippen LogP contribution in [0.5, 0.6) is 0 Å². The molecule has 1 amide bonds. The highest BCUT2D eigenvalue weighted by Crippen LogP contribution is 2.43. The Labute approximate surface area is 431 Å². The zero-order valence-electron chi connectivity index (χ0n) is 47.3. The van der Waals surface area contributed by atoms with E-state index in [9.17, 15) is 19.4 Å². The number of hydrogen-bond donors (Lipinski definition) is 3. The number of hydrogen-bond acceptors (Lipinski definition) is 5. The van der Waals surface area contributed by atoms with Gasteiger partial charge in [0.15, 0.2) is 0 Å². The van der Waals surface area contributed by atoms with Crippen LogP contribution in [0.25, 0.3) is 0 Å². The zero-order chi connectivity index (χ0) is 50.6. The number of unbranched alkanes of at least 4 members (excludes halogenated alkanes) is 45. The molecule has 0 aliphatic rings. The lowest BCUT2D eigenvalue weighted by Crippen LogP contribution is -2.46. The number of amides is 1. The van der Waals surface area contributed by atoms with Crippen molar-refractivity contribution in [1.82, 2.24) is 5.32 Å². The zero-order valence-corrected chi connectivity index (χ0v) is 48.2. The Hall–Kier alpha value is -0.500. The second-order valence-electron chi connectivity index (χ2n) is 22.8. The van der Waals surface area contributed by atoms with Gasteiger partial charge in [-0.3, -0.25) is 13.8 Å². The molecule has 0 aliphatic carbocycles. The number of carbonyl (C=O) groups excluding carboxylic acids is 1. The smallest absolute Gasteiger partial charge is 0.391 e. The number of quaternary nitrogens is 1. The van der Waals surface area contributed by atoms with Gasteiger partial charge in [-0.15, -0.1) is 0 Å². The molecule has 0 rings (SSSR count). The number of phosphoric acid groups is 1. The van der Waals surface area contributed by atoms with E-state index in [1.807, 2.05) is 21.1 Å². The summed E-state index contributed by atoms with van der Waals surface area (Å²) in [6.45, 7) is 4.94. The van der Waals surface area contributed by atoms with E-state index in [4.69, 9.17) is 9.05 Å². The SMILES string of the molecule is CCCCCCCCCCCCCCCCCCCCCCCCCCCCCCCCCCC(=O)N[C@@H](COP(=O)(O)OCC[N+](C)(C)C)[C@H](O)CCCCCCCCCCCCCCCCC. The molecule has 9 heteroatoms. The molecule has 8 nitrogen and oxygen atoms in total. The molecule has 0 fully saturated rings. The summed E-state index contributed by atoms with van der Waals surface area (Å²) in [5.41, 5.74) is 0. The number of carbonyl (C=O) groups is 1. The van der Waals surface area contributed by atoms with Crippen LogP contribution < -0.4 is 5.32 Å². The molecule has 414 valence electrons. The Morgan fingerprint density at radius 2 is 0.696 bits per heavy atom. The molecule has 0 spiro atoms. The van der Waals surface area contributed by atoms with Crippen molar-refractivity contribution in [2.45, 2.75) is 341 Å². The second-order valence-corrected chi connectivity index (χ2v) is 24.3. The van der Waals surface area contributed by atoms with Gasteiger partial charge in [-0.1, -0.05) is 309 Å². The minimum atomic E-state index is -4.32. The first-order valence-corrected chi connectivity index (χ1v) is 32.4. The Morgan fingerprint density at radius 1 is 0.435 bits per heavy atom. The van der Waals surface area contributed by atoms with Crippen molar-refractivity contribution >= 4 is 13.7 Å². The van der Waals surface area contributed by atoms with Crippen molar-refractivity contribution in [3.63, 3.8) is 0 Å². The van der Waals surface area contributed by atoms with Crippen molar-refractivity contribution in [3.8, 4) is 0 Å². The number of aliphatic hydroxyl groups is 1. The predicted octanol–water partition coefficient (Wildman–Crippen LogP) is 18.8. The molecule has 0 aromatic rings. The minimum absolute atomic E-state index is 0.0791. The van der Waals surface area contributed by atoms with Crippen molar-refractivity contribution in [2.75, 3.05) is 40.9 Å². The largest absolute Gasteiger partial charge is 0.472 e. The molecule has 0 radical (unpaired) electrons. The van der Waals surface area contributed by atoms with Gasteiger partial charge < -0.3 is 19.8 Å². The third-order valence-electron chi connectivity index (χ3n) is 14.6. The van der Waals surface area contributed by atoms with Crippen molar-refractivity contribution in [3.05, 3.63) is 0 Å². The Kier molecular flexibility index (Phi) is 52.0. The topological polar surface area (TPSA) is 105 Å². The lowest BCUT2D eigenvalue weighted by Gasteiger charge is -2.26. The molecule has 0 aliphatic heterocycles. The summed E-state index contributed by atoms with van der Waals surface area (Å²) in [7, 11) is 1.64. The van der Waals surface area contributed by atoms with E-state index in [0.717, 1.165) is 38.5 Å². The molecule has 3 N–H and O–H groups in total. The summed E-state index contributed by atoms with van der Waals surface area (Å²) >= 11 is 0. The molecule has 0 heterocycles. The molecule has 1 unspecified atom stereocenters. The first-order valence-electron chi connectivity index (χ1n) is 30.9. The number of nitrogens with one attached hydrogen (secondary N) is 1. The number of rotatable bonds is 58. The molecular formula is C60H124N2O6P+. The van der Waals surface area contributed by atoms with E-state index in [0.29, 0.717) is 23.9 Å². The summed E-state index contributed by atoms with van der Waals surface area (Å²) in [6, 6.07) is -0.755. The Bertz CT molecular complexity index is 1090. The van der Waals surface area contributed by atoms with Gasteiger partial charge in [-0.2, -0.15) is 0 Å². The monoisotopic (exact) mass is 1000 g/mol. The predicted molar refractivity (Wildman–Crippen MR) is 300 cm³/mol. The summed E-state index contributed by atoms with van der Waals surface area (Å²) in [5, 5.41) is 14.1. The maximum absolute atomic E-state index is 13.0. The molecule has 3 atom stereocenters. The van der Waals surface area contributed by atoms with Gasteiger partial charge in [-0.25, -0.2) is 4.57 Å². The van der Waals surface area contributed by atoms with Gasteiger partial charge in [0, 0.05) is 6.42 Å². The van der Waals surface area contributed by atoms with Crippen LogP contribution in [0, 0.1) is 0 Å². The average Bonchev–Trinajstić information content (AvgIpc) is 3.31. The number of aliphatic hydroxyl groups excluding tert-OH is 1.